The summed E-state index contributed by atoms with van der Waals surface area (Å²) in [6, 6.07) is 5.22. The number of hydrogen-bond acceptors (Lipinski definition) is 3. The molecule has 1 aliphatic carbocycles. The minimum absolute atomic E-state index is 0.285. The minimum Gasteiger partial charge on any atom is -0.368 e. The molecule has 0 aromatic heterocycles. The van der Waals surface area contributed by atoms with Gasteiger partial charge >= 0.3 is 0 Å². The number of amides is 2. The number of hydrogen-bond donors (Lipinski definition) is 2. The minimum atomic E-state index is -0.984. The van der Waals surface area contributed by atoms with Crippen molar-refractivity contribution in [1.82, 2.24) is 10.2 Å². The fourth-order valence-corrected chi connectivity index (χ4v) is 3.40. The lowest BCUT2D eigenvalue weighted by molar-refractivity contribution is -0.134. The highest BCUT2D eigenvalue weighted by molar-refractivity contribution is 5.92. The first-order valence-electron chi connectivity index (χ1n) is 8.39. The lowest BCUT2D eigenvalue weighted by Gasteiger charge is -2.34. The van der Waals surface area contributed by atoms with E-state index in [4.69, 9.17) is 5.73 Å². The number of nitrogens with one attached hydrogen (secondary N) is 1. The Kier molecular flexibility index (Phi) is 5.94. The second kappa shape index (κ2) is 7.75. The van der Waals surface area contributed by atoms with Crippen molar-refractivity contribution in [3.63, 3.8) is 0 Å². The molecule has 1 aromatic carbocycles. The number of nitrogens with zero attached hydrogens (tertiary/aromatic N) is 1. The van der Waals surface area contributed by atoms with E-state index in [0.29, 0.717) is 18.4 Å². The van der Waals surface area contributed by atoms with Crippen LogP contribution in [0.3, 0.4) is 0 Å². The molecule has 5 nitrogen and oxygen atoms in total. The third-order valence-electron chi connectivity index (χ3n) is 4.74. The molecule has 0 aliphatic heterocycles. The van der Waals surface area contributed by atoms with Gasteiger partial charge in [0.25, 0.3) is 0 Å². The van der Waals surface area contributed by atoms with Crippen LogP contribution in [0.2, 0.25) is 0 Å². The van der Waals surface area contributed by atoms with Crippen LogP contribution in [0, 0.1) is 5.82 Å². The zero-order valence-corrected chi connectivity index (χ0v) is 14.3. The van der Waals surface area contributed by atoms with E-state index in [1.807, 2.05) is 0 Å². The number of halogens is 1. The summed E-state index contributed by atoms with van der Waals surface area (Å²) >= 11 is 0. The summed E-state index contributed by atoms with van der Waals surface area (Å²) in [7, 11) is 3.55. The molecule has 0 spiro atoms. The van der Waals surface area contributed by atoms with E-state index < -0.39 is 17.5 Å². The van der Waals surface area contributed by atoms with Gasteiger partial charge in [0.1, 0.15) is 17.4 Å². The fraction of sp³-hybridized carbons (Fsp3) is 0.556. The standard InChI is InChI=1S/C18H26FN3O2/c1-22(2)15(13-7-9-14(19)10-8-13)16(23)21-18(17(20)24)11-5-3-4-6-12-18/h7-10,15H,3-6,11-12H2,1-2H3,(H2,20,24)(H,21,23)/t15-/m1/s1. The number of rotatable bonds is 5. The summed E-state index contributed by atoms with van der Waals surface area (Å²) in [4.78, 5) is 26.7. The largest absolute Gasteiger partial charge is 0.368 e. The van der Waals surface area contributed by atoms with Gasteiger partial charge in [0.05, 0.1) is 0 Å². The molecule has 6 heteroatoms. The van der Waals surface area contributed by atoms with Crippen molar-refractivity contribution in [3.05, 3.63) is 35.6 Å². The number of nitrogens with two attached hydrogens (primary N) is 1. The average Bonchev–Trinajstić information content (AvgIpc) is 2.75. The lowest BCUT2D eigenvalue weighted by Crippen LogP contribution is -2.59. The van der Waals surface area contributed by atoms with E-state index in [1.165, 1.54) is 12.1 Å². The predicted molar refractivity (Wildman–Crippen MR) is 90.6 cm³/mol. The maximum Gasteiger partial charge on any atom is 0.243 e. The normalized spacial score (nSPS) is 18.7. The molecule has 1 fully saturated rings. The molecular formula is C18H26FN3O2. The van der Waals surface area contributed by atoms with E-state index in [2.05, 4.69) is 5.32 Å². The molecule has 2 amide bonds. The smallest absolute Gasteiger partial charge is 0.243 e. The highest BCUT2D eigenvalue weighted by Gasteiger charge is 2.40. The first-order chi connectivity index (χ1) is 11.4. The predicted octanol–water partition coefficient (Wildman–Crippen LogP) is 2.12. The summed E-state index contributed by atoms with van der Waals surface area (Å²) in [5.74, 6) is -1.12. The summed E-state index contributed by atoms with van der Waals surface area (Å²) in [5, 5.41) is 2.92. The molecular weight excluding hydrogens is 309 g/mol. The van der Waals surface area contributed by atoms with Crippen molar-refractivity contribution in [2.45, 2.75) is 50.1 Å². The molecule has 1 aromatic rings. The fourth-order valence-electron chi connectivity index (χ4n) is 3.40. The SMILES string of the molecule is CN(C)[C@@H](C(=O)NC1(C(N)=O)CCCCCC1)c1ccc(F)cc1. The van der Waals surface area contributed by atoms with Crippen LogP contribution in [0.4, 0.5) is 4.39 Å². The third kappa shape index (κ3) is 4.12. The molecule has 0 heterocycles. The van der Waals surface area contributed by atoms with Crippen LogP contribution in [0.1, 0.15) is 50.1 Å². The second-order valence-electron chi connectivity index (χ2n) is 6.77. The summed E-state index contributed by atoms with van der Waals surface area (Å²) in [6.45, 7) is 0. The zero-order valence-electron chi connectivity index (χ0n) is 14.3. The Morgan fingerprint density at radius 1 is 1.12 bits per heavy atom. The van der Waals surface area contributed by atoms with Gasteiger partial charge in [-0.3, -0.25) is 14.5 Å². The molecule has 24 heavy (non-hydrogen) atoms. The van der Waals surface area contributed by atoms with E-state index in [9.17, 15) is 14.0 Å². The summed E-state index contributed by atoms with van der Waals surface area (Å²) in [5.41, 5.74) is 5.33. The summed E-state index contributed by atoms with van der Waals surface area (Å²) in [6.07, 6.45) is 4.95. The van der Waals surface area contributed by atoms with E-state index in [-0.39, 0.29) is 11.7 Å². The number of likely N-dealkylation sites (N-methyl/N-ethyl adjacent to an activating group) is 1. The van der Waals surface area contributed by atoms with Crippen LogP contribution in [-0.2, 0) is 9.59 Å². The molecule has 3 N–H and O–H groups in total. The first kappa shape index (κ1) is 18.4. The number of carbonyl (C=O) groups is 2. The third-order valence-corrected chi connectivity index (χ3v) is 4.74. The maximum atomic E-state index is 13.2. The van der Waals surface area contributed by atoms with Gasteiger partial charge in [-0.05, 0) is 44.6 Å². The molecule has 2 rings (SSSR count). The van der Waals surface area contributed by atoms with Gasteiger partial charge in [0.2, 0.25) is 11.8 Å². The monoisotopic (exact) mass is 335 g/mol. The van der Waals surface area contributed by atoms with Crippen LogP contribution in [0.5, 0.6) is 0 Å². The number of primary amides is 1. The number of carbonyl (C=O) groups excluding carboxylic acids is 2. The first-order valence-corrected chi connectivity index (χ1v) is 8.39. The maximum absolute atomic E-state index is 13.2. The molecule has 0 saturated heterocycles. The molecule has 1 aliphatic rings. The van der Waals surface area contributed by atoms with Crippen molar-refractivity contribution in [2.75, 3.05) is 14.1 Å². The molecule has 0 radical (unpaired) electrons. The van der Waals surface area contributed by atoms with Gasteiger partial charge in [-0.25, -0.2) is 4.39 Å². The highest BCUT2D eigenvalue weighted by Crippen LogP contribution is 2.29. The van der Waals surface area contributed by atoms with Gasteiger partial charge in [0.15, 0.2) is 0 Å². The lowest BCUT2D eigenvalue weighted by atomic mass is 9.88. The van der Waals surface area contributed by atoms with Crippen LogP contribution in [0.25, 0.3) is 0 Å². The van der Waals surface area contributed by atoms with Crippen LogP contribution >= 0.6 is 0 Å². The molecule has 1 saturated carbocycles. The van der Waals surface area contributed by atoms with E-state index >= 15 is 0 Å². The summed E-state index contributed by atoms with van der Waals surface area (Å²) < 4.78 is 13.2. The van der Waals surface area contributed by atoms with Gasteiger partial charge in [-0.15, -0.1) is 0 Å². The Morgan fingerprint density at radius 2 is 1.67 bits per heavy atom. The molecule has 0 unspecified atom stereocenters. The van der Waals surface area contributed by atoms with Gasteiger partial charge in [-0.2, -0.15) is 0 Å². The second-order valence-corrected chi connectivity index (χ2v) is 6.77. The Morgan fingerprint density at radius 3 is 2.12 bits per heavy atom. The molecule has 0 bridgehead atoms. The molecule has 1 atom stereocenters. The van der Waals surface area contributed by atoms with E-state index in [0.717, 1.165) is 25.7 Å². The Labute approximate surface area is 142 Å². The van der Waals surface area contributed by atoms with Crippen molar-refractivity contribution in [3.8, 4) is 0 Å². The Hall–Kier alpha value is -1.95. The average molecular weight is 335 g/mol. The van der Waals surface area contributed by atoms with Crippen LogP contribution < -0.4 is 11.1 Å². The Balaban J connectivity index is 2.25. The van der Waals surface area contributed by atoms with Gasteiger partial charge < -0.3 is 11.1 Å². The van der Waals surface area contributed by atoms with Gasteiger partial charge in [0, 0.05) is 0 Å². The van der Waals surface area contributed by atoms with Crippen molar-refractivity contribution in [2.24, 2.45) is 5.73 Å². The molecule has 132 valence electrons. The zero-order chi connectivity index (χ0) is 17.7. The van der Waals surface area contributed by atoms with Crippen molar-refractivity contribution < 1.29 is 14.0 Å². The van der Waals surface area contributed by atoms with E-state index in [1.54, 1.807) is 31.1 Å². The quantitative estimate of drug-likeness (QED) is 0.809. The van der Waals surface area contributed by atoms with Crippen LogP contribution in [-0.4, -0.2) is 36.3 Å². The Bertz CT molecular complexity index is 578. The topological polar surface area (TPSA) is 75.4 Å². The van der Waals surface area contributed by atoms with Crippen molar-refractivity contribution >= 4 is 11.8 Å². The van der Waals surface area contributed by atoms with Crippen LogP contribution in [0.15, 0.2) is 24.3 Å². The van der Waals surface area contributed by atoms with Gasteiger partial charge in [-0.1, -0.05) is 37.8 Å². The van der Waals surface area contributed by atoms with Crippen molar-refractivity contribution in [1.29, 1.82) is 0 Å². The highest BCUT2D eigenvalue weighted by atomic mass is 19.1. The number of benzene rings is 1.